The smallest absolute Gasteiger partial charge is 0.255 e. The van der Waals surface area contributed by atoms with E-state index in [0.29, 0.717) is 11.3 Å². The number of benzene rings is 1. The van der Waals surface area contributed by atoms with Crippen LogP contribution in [0.3, 0.4) is 0 Å². The van der Waals surface area contributed by atoms with Crippen LogP contribution in [0.4, 0.5) is 0 Å². The molecule has 1 aliphatic carbocycles. The lowest BCUT2D eigenvalue weighted by Gasteiger charge is -2.13. The maximum absolute atomic E-state index is 12.2. The molecule has 3 N–H and O–H groups in total. The van der Waals surface area contributed by atoms with E-state index in [-0.39, 0.29) is 30.9 Å². The second-order valence-electron chi connectivity index (χ2n) is 4.88. The van der Waals surface area contributed by atoms with E-state index in [9.17, 15) is 4.79 Å². The van der Waals surface area contributed by atoms with E-state index < -0.39 is 0 Å². The Morgan fingerprint density at radius 1 is 1.48 bits per heavy atom. The van der Waals surface area contributed by atoms with Crippen molar-refractivity contribution in [3.63, 3.8) is 0 Å². The summed E-state index contributed by atoms with van der Waals surface area (Å²) in [5, 5.41) is 3.79. The van der Waals surface area contributed by atoms with Gasteiger partial charge in [0.1, 0.15) is 12.0 Å². The van der Waals surface area contributed by atoms with Gasteiger partial charge in [0.25, 0.3) is 5.91 Å². The summed E-state index contributed by atoms with van der Waals surface area (Å²) in [5.41, 5.74) is 8.21. The normalized spacial score (nSPS) is 16.2. The van der Waals surface area contributed by atoms with Crippen molar-refractivity contribution in [3.05, 3.63) is 58.0 Å². The van der Waals surface area contributed by atoms with E-state index in [1.54, 1.807) is 6.07 Å². The molecule has 1 heterocycles. The third-order valence-corrected chi connectivity index (χ3v) is 3.99. The van der Waals surface area contributed by atoms with Crippen LogP contribution >= 0.6 is 24.0 Å². The number of hydrogen-bond acceptors (Lipinski definition) is 3. The zero-order chi connectivity index (χ0) is 14.1. The number of rotatable bonds is 3. The minimum Gasteiger partial charge on any atom is -0.467 e. The molecule has 1 aliphatic rings. The second-order valence-corrected chi connectivity index (χ2v) is 5.29. The van der Waals surface area contributed by atoms with E-state index in [1.807, 2.05) is 18.2 Å². The molecule has 112 valence electrons. The van der Waals surface area contributed by atoms with E-state index in [4.69, 9.17) is 21.8 Å². The number of furan rings is 1. The molecular weight excluding hydrogens is 311 g/mol. The predicted molar refractivity (Wildman–Crippen MR) is 83.8 cm³/mol. The van der Waals surface area contributed by atoms with Crippen molar-refractivity contribution in [1.29, 1.82) is 0 Å². The van der Waals surface area contributed by atoms with Crippen LogP contribution in [0, 0.1) is 0 Å². The Morgan fingerprint density at radius 3 is 3.00 bits per heavy atom. The maximum atomic E-state index is 12.2. The minimum absolute atomic E-state index is 0. The number of fused-ring (bicyclic) bond motifs is 1. The number of nitrogens with two attached hydrogens (primary N) is 1. The van der Waals surface area contributed by atoms with Crippen molar-refractivity contribution in [3.8, 4) is 0 Å². The molecular formula is C15H16Cl2N2O2. The van der Waals surface area contributed by atoms with Crippen LogP contribution in [0.25, 0.3) is 0 Å². The summed E-state index contributed by atoms with van der Waals surface area (Å²) < 4.78 is 5.18. The van der Waals surface area contributed by atoms with Crippen LogP contribution < -0.4 is 11.1 Å². The molecule has 0 fully saturated rings. The van der Waals surface area contributed by atoms with Gasteiger partial charge in [0.2, 0.25) is 0 Å². The first-order valence-corrected chi connectivity index (χ1v) is 6.92. The van der Waals surface area contributed by atoms with Crippen LogP contribution in [0.5, 0.6) is 0 Å². The van der Waals surface area contributed by atoms with E-state index in [1.165, 1.54) is 6.26 Å². The summed E-state index contributed by atoms with van der Waals surface area (Å²) in [7, 11) is 0. The van der Waals surface area contributed by atoms with Crippen molar-refractivity contribution in [2.45, 2.75) is 25.4 Å². The van der Waals surface area contributed by atoms with Crippen molar-refractivity contribution < 1.29 is 9.21 Å². The second kappa shape index (κ2) is 6.52. The molecule has 1 atom stereocenters. The van der Waals surface area contributed by atoms with Crippen LogP contribution in [-0.2, 0) is 13.0 Å². The lowest BCUT2D eigenvalue weighted by atomic mass is 10.1. The molecule has 0 saturated heterocycles. The molecule has 3 rings (SSSR count). The molecule has 1 aromatic carbocycles. The number of halogens is 2. The van der Waals surface area contributed by atoms with Crippen molar-refractivity contribution in [1.82, 2.24) is 5.32 Å². The van der Waals surface area contributed by atoms with Gasteiger partial charge < -0.3 is 15.5 Å². The Labute approximate surface area is 134 Å². The highest BCUT2D eigenvalue weighted by molar-refractivity contribution is 6.31. The largest absolute Gasteiger partial charge is 0.467 e. The van der Waals surface area contributed by atoms with Gasteiger partial charge in [0.05, 0.1) is 18.2 Å². The molecule has 1 aromatic heterocycles. The highest BCUT2D eigenvalue weighted by atomic mass is 35.5. The molecule has 6 heteroatoms. The Bertz CT molecular complexity index is 655. The summed E-state index contributed by atoms with van der Waals surface area (Å²) in [6.45, 7) is 0.287. The van der Waals surface area contributed by atoms with Gasteiger partial charge in [0, 0.05) is 5.02 Å². The number of carbonyl (C=O) groups excluding carboxylic acids is 1. The molecule has 2 aromatic rings. The number of carbonyl (C=O) groups is 1. The predicted octanol–water partition coefficient (Wildman–Crippen LogP) is 3.23. The minimum atomic E-state index is -0.147. The molecule has 1 amide bonds. The number of amides is 1. The standard InChI is InChI=1S/C15H15ClN2O2.ClH/c16-13-3-1-2-12-11(13)4-5-14(12)18-15(19)9-6-10(7-17)20-8-9;/h1-3,6,8,14H,4-5,7,17H2,(H,18,19);1H. The molecule has 0 radical (unpaired) electrons. The molecule has 4 nitrogen and oxygen atoms in total. The average molecular weight is 327 g/mol. The number of nitrogens with one attached hydrogen (secondary N) is 1. The van der Waals surface area contributed by atoms with Gasteiger partial charge >= 0.3 is 0 Å². The summed E-state index contributed by atoms with van der Waals surface area (Å²) in [6, 6.07) is 7.49. The topological polar surface area (TPSA) is 68.3 Å². The first kappa shape index (κ1) is 15.9. The van der Waals surface area contributed by atoms with Crippen molar-refractivity contribution in [2.24, 2.45) is 5.73 Å². The SMILES string of the molecule is Cl.NCc1cc(C(=O)NC2CCc3c(Cl)cccc32)co1. The third kappa shape index (κ3) is 3.07. The molecule has 0 bridgehead atoms. The van der Waals surface area contributed by atoms with Gasteiger partial charge in [-0.1, -0.05) is 23.7 Å². The maximum Gasteiger partial charge on any atom is 0.255 e. The van der Waals surface area contributed by atoms with E-state index in [0.717, 1.165) is 29.0 Å². The van der Waals surface area contributed by atoms with Gasteiger partial charge in [-0.3, -0.25) is 4.79 Å². The lowest BCUT2D eigenvalue weighted by Crippen LogP contribution is -2.26. The fourth-order valence-electron chi connectivity index (χ4n) is 2.61. The molecule has 21 heavy (non-hydrogen) atoms. The first-order valence-electron chi connectivity index (χ1n) is 6.54. The van der Waals surface area contributed by atoms with Gasteiger partial charge in [-0.2, -0.15) is 0 Å². The fraction of sp³-hybridized carbons (Fsp3) is 0.267. The average Bonchev–Trinajstić information content (AvgIpc) is 3.07. The monoisotopic (exact) mass is 326 g/mol. The first-order chi connectivity index (χ1) is 9.69. The Kier molecular flexibility index (Phi) is 4.93. The highest BCUT2D eigenvalue weighted by Crippen LogP contribution is 2.35. The Balaban J connectivity index is 0.00000161. The summed E-state index contributed by atoms with van der Waals surface area (Å²) in [6.07, 6.45) is 3.19. The van der Waals surface area contributed by atoms with Gasteiger partial charge in [0.15, 0.2) is 0 Å². The molecule has 0 saturated carbocycles. The van der Waals surface area contributed by atoms with Crippen LogP contribution in [0.15, 0.2) is 34.9 Å². The lowest BCUT2D eigenvalue weighted by molar-refractivity contribution is 0.0936. The van der Waals surface area contributed by atoms with E-state index in [2.05, 4.69) is 5.32 Å². The van der Waals surface area contributed by atoms with E-state index >= 15 is 0 Å². The van der Waals surface area contributed by atoms with Crippen LogP contribution in [0.2, 0.25) is 5.02 Å². The Morgan fingerprint density at radius 2 is 2.29 bits per heavy atom. The van der Waals surface area contributed by atoms with Crippen LogP contribution in [0.1, 0.15) is 39.7 Å². The van der Waals surface area contributed by atoms with Crippen LogP contribution in [-0.4, -0.2) is 5.91 Å². The summed E-state index contributed by atoms with van der Waals surface area (Å²) in [4.78, 5) is 12.2. The van der Waals surface area contributed by atoms with Gasteiger partial charge in [-0.25, -0.2) is 0 Å². The number of hydrogen-bond donors (Lipinski definition) is 2. The van der Waals surface area contributed by atoms with Crippen molar-refractivity contribution >= 4 is 29.9 Å². The summed E-state index contributed by atoms with van der Waals surface area (Å²) >= 11 is 6.17. The third-order valence-electron chi connectivity index (χ3n) is 3.64. The zero-order valence-corrected chi connectivity index (χ0v) is 12.8. The van der Waals surface area contributed by atoms with Gasteiger partial charge in [-0.15, -0.1) is 12.4 Å². The van der Waals surface area contributed by atoms with Gasteiger partial charge in [-0.05, 0) is 36.1 Å². The molecule has 1 unspecified atom stereocenters. The summed E-state index contributed by atoms with van der Waals surface area (Å²) in [5.74, 6) is 0.455. The zero-order valence-electron chi connectivity index (χ0n) is 11.3. The molecule has 0 aliphatic heterocycles. The quantitative estimate of drug-likeness (QED) is 0.909. The highest BCUT2D eigenvalue weighted by Gasteiger charge is 2.26. The Hall–Kier alpha value is -1.49. The molecule has 0 spiro atoms. The van der Waals surface area contributed by atoms with Crippen molar-refractivity contribution in [2.75, 3.05) is 0 Å². The fourth-order valence-corrected chi connectivity index (χ4v) is 2.88.